The molecule has 0 spiro atoms. The van der Waals surface area contributed by atoms with Crippen molar-refractivity contribution < 1.29 is 14.4 Å². The number of nitrogens with zero attached hydrogens (tertiary/aromatic N) is 2. The summed E-state index contributed by atoms with van der Waals surface area (Å²) in [6, 6.07) is 13.4. The third kappa shape index (κ3) is 3.03. The Morgan fingerprint density at radius 3 is 2.76 bits per heavy atom. The molecule has 2 aromatic rings. The van der Waals surface area contributed by atoms with Crippen molar-refractivity contribution in [2.75, 3.05) is 23.3 Å². The molecule has 1 fully saturated rings. The first-order valence-corrected chi connectivity index (χ1v) is 9.95. The number of anilines is 2. The number of benzene rings is 2. The van der Waals surface area contributed by atoms with Crippen LogP contribution in [0.5, 0.6) is 0 Å². The van der Waals surface area contributed by atoms with Gasteiger partial charge in [0.05, 0.1) is 11.4 Å². The van der Waals surface area contributed by atoms with E-state index in [4.69, 9.17) is 0 Å². The van der Waals surface area contributed by atoms with E-state index in [2.05, 4.69) is 33.7 Å². The summed E-state index contributed by atoms with van der Waals surface area (Å²) in [6.45, 7) is 2.86. The van der Waals surface area contributed by atoms with Crippen molar-refractivity contribution in [1.82, 2.24) is 10.2 Å². The molecule has 0 saturated carbocycles. The van der Waals surface area contributed by atoms with Crippen molar-refractivity contribution in [2.24, 2.45) is 0 Å². The first-order chi connectivity index (χ1) is 14.1. The molecule has 0 radical (unpaired) electrons. The van der Waals surface area contributed by atoms with Gasteiger partial charge in [0.2, 0.25) is 11.8 Å². The summed E-state index contributed by atoms with van der Waals surface area (Å²) in [6.07, 6.45) is 0.645. The van der Waals surface area contributed by atoms with E-state index >= 15 is 0 Å². The Balaban J connectivity index is 1.42. The highest BCUT2D eigenvalue weighted by atomic mass is 16.2. The minimum Gasteiger partial charge on any atom is -0.382 e. The molecule has 1 saturated heterocycles. The number of carbonyl (C=O) groups is 3. The van der Waals surface area contributed by atoms with Crippen molar-refractivity contribution in [3.05, 3.63) is 59.2 Å². The highest BCUT2D eigenvalue weighted by Gasteiger charge is 2.39. The van der Waals surface area contributed by atoms with Gasteiger partial charge >= 0.3 is 0 Å². The minimum absolute atomic E-state index is 0.128. The molecule has 148 valence electrons. The summed E-state index contributed by atoms with van der Waals surface area (Å²) >= 11 is 0. The SMILES string of the molecule is O=C1CCC(N2Cc3c(CN4CCNc5ccccc54)cccc3C2=O)C(=O)N1. The number of rotatable bonds is 3. The number of fused-ring (bicyclic) bond motifs is 2. The molecule has 0 bridgehead atoms. The van der Waals surface area contributed by atoms with Crippen LogP contribution in [0.4, 0.5) is 11.4 Å². The topological polar surface area (TPSA) is 81.8 Å². The molecule has 7 nitrogen and oxygen atoms in total. The van der Waals surface area contributed by atoms with E-state index in [1.807, 2.05) is 24.3 Å². The average Bonchev–Trinajstić information content (AvgIpc) is 3.06. The molecule has 29 heavy (non-hydrogen) atoms. The molecule has 3 aliphatic rings. The van der Waals surface area contributed by atoms with Crippen LogP contribution in [-0.2, 0) is 22.7 Å². The van der Waals surface area contributed by atoms with Gasteiger partial charge in [0.15, 0.2) is 0 Å². The van der Waals surface area contributed by atoms with E-state index in [0.29, 0.717) is 25.1 Å². The molecule has 2 N–H and O–H groups in total. The number of amides is 3. The van der Waals surface area contributed by atoms with Crippen molar-refractivity contribution in [2.45, 2.75) is 32.0 Å². The standard InChI is InChI=1S/C22H22N4O3/c27-20-9-8-19(21(28)24-20)26-13-16-14(4-3-5-15(16)22(26)29)12-25-11-10-23-17-6-1-2-7-18(17)25/h1-7,19,23H,8-13H2,(H,24,27,28). The van der Waals surface area contributed by atoms with Crippen LogP contribution >= 0.6 is 0 Å². The maximum atomic E-state index is 13.0. The van der Waals surface area contributed by atoms with E-state index in [9.17, 15) is 14.4 Å². The van der Waals surface area contributed by atoms with Crippen molar-refractivity contribution in [1.29, 1.82) is 0 Å². The van der Waals surface area contributed by atoms with E-state index in [1.165, 1.54) is 0 Å². The maximum Gasteiger partial charge on any atom is 0.255 e. The third-order valence-corrected chi connectivity index (χ3v) is 5.98. The number of imide groups is 1. The molecule has 0 aromatic heterocycles. The van der Waals surface area contributed by atoms with Gasteiger partial charge in [0.25, 0.3) is 5.91 Å². The van der Waals surface area contributed by atoms with Gasteiger partial charge in [-0.15, -0.1) is 0 Å². The summed E-state index contributed by atoms with van der Waals surface area (Å²) in [5.74, 6) is -0.773. The smallest absolute Gasteiger partial charge is 0.255 e. The third-order valence-electron chi connectivity index (χ3n) is 5.98. The second-order valence-corrected chi connectivity index (χ2v) is 7.71. The van der Waals surface area contributed by atoms with Gasteiger partial charge in [0, 0.05) is 38.2 Å². The van der Waals surface area contributed by atoms with Crippen LogP contribution in [0, 0.1) is 0 Å². The lowest BCUT2D eigenvalue weighted by Crippen LogP contribution is -2.52. The Bertz CT molecular complexity index is 1020. The normalized spacial score (nSPS) is 20.8. The highest BCUT2D eigenvalue weighted by Crippen LogP contribution is 2.33. The zero-order chi connectivity index (χ0) is 20.0. The monoisotopic (exact) mass is 390 g/mol. The molecule has 3 heterocycles. The second kappa shape index (κ2) is 6.92. The fourth-order valence-corrected chi connectivity index (χ4v) is 4.51. The first-order valence-electron chi connectivity index (χ1n) is 9.95. The number of hydrogen-bond acceptors (Lipinski definition) is 5. The summed E-state index contributed by atoms with van der Waals surface area (Å²) in [5, 5.41) is 5.78. The average molecular weight is 390 g/mol. The molecular weight excluding hydrogens is 368 g/mol. The molecule has 2 aromatic carbocycles. The van der Waals surface area contributed by atoms with Gasteiger partial charge in [-0.25, -0.2) is 0 Å². The van der Waals surface area contributed by atoms with Gasteiger partial charge in [0.1, 0.15) is 6.04 Å². The van der Waals surface area contributed by atoms with Crippen LogP contribution in [0.15, 0.2) is 42.5 Å². The fourth-order valence-electron chi connectivity index (χ4n) is 4.51. The number of piperidine rings is 1. The van der Waals surface area contributed by atoms with Crippen LogP contribution in [0.1, 0.15) is 34.3 Å². The Morgan fingerprint density at radius 1 is 1.03 bits per heavy atom. The zero-order valence-corrected chi connectivity index (χ0v) is 16.0. The molecule has 7 heteroatoms. The molecule has 1 unspecified atom stereocenters. The molecule has 3 amide bonds. The van der Waals surface area contributed by atoms with Crippen molar-refractivity contribution in [3.8, 4) is 0 Å². The van der Waals surface area contributed by atoms with Crippen LogP contribution < -0.4 is 15.5 Å². The molecule has 1 atom stereocenters. The largest absolute Gasteiger partial charge is 0.382 e. The Hall–Kier alpha value is -3.35. The van der Waals surface area contributed by atoms with Crippen LogP contribution in [-0.4, -0.2) is 41.8 Å². The number of para-hydroxylation sites is 2. The fraction of sp³-hybridized carbons (Fsp3) is 0.318. The van der Waals surface area contributed by atoms with E-state index in [0.717, 1.165) is 35.6 Å². The Labute approximate surface area is 168 Å². The minimum atomic E-state index is -0.583. The second-order valence-electron chi connectivity index (χ2n) is 7.71. The Kier molecular flexibility index (Phi) is 4.23. The summed E-state index contributed by atoms with van der Waals surface area (Å²) in [4.78, 5) is 40.7. The highest BCUT2D eigenvalue weighted by molar-refractivity contribution is 6.05. The summed E-state index contributed by atoms with van der Waals surface area (Å²) in [5.41, 5.74) is 5.02. The van der Waals surface area contributed by atoms with Gasteiger partial charge < -0.3 is 15.1 Å². The van der Waals surface area contributed by atoms with Gasteiger partial charge in [-0.2, -0.15) is 0 Å². The molecular formula is C22H22N4O3. The van der Waals surface area contributed by atoms with Crippen LogP contribution in [0.3, 0.4) is 0 Å². The zero-order valence-electron chi connectivity index (χ0n) is 16.0. The molecule has 0 aliphatic carbocycles. The Morgan fingerprint density at radius 2 is 1.90 bits per heavy atom. The lowest BCUT2D eigenvalue weighted by Gasteiger charge is -2.32. The van der Waals surface area contributed by atoms with Crippen LogP contribution in [0.2, 0.25) is 0 Å². The van der Waals surface area contributed by atoms with Gasteiger partial charge in [-0.05, 0) is 35.7 Å². The van der Waals surface area contributed by atoms with E-state index in [1.54, 1.807) is 4.90 Å². The van der Waals surface area contributed by atoms with E-state index < -0.39 is 6.04 Å². The van der Waals surface area contributed by atoms with Gasteiger partial charge in [-0.3, -0.25) is 19.7 Å². The van der Waals surface area contributed by atoms with Crippen molar-refractivity contribution in [3.63, 3.8) is 0 Å². The number of carbonyl (C=O) groups excluding carboxylic acids is 3. The number of hydrogen-bond donors (Lipinski definition) is 2. The molecule has 3 aliphatic heterocycles. The first kappa shape index (κ1) is 17.7. The van der Waals surface area contributed by atoms with Gasteiger partial charge in [-0.1, -0.05) is 24.3 Å². The lowest BCUT2D eigenvalue weighted by atomic mass is 10.0. The predicted molar refractivity (Wildman–Crippen MR) is 108 cm³/mol. The summed E-state index contributed by atoms with van der Waals surface area (Å²) in [7, 11) is 0. The van der Waals surface area contributed by atoms with Crippen LogP contribution in [0.25, 0.3) is 0 Å². The van der Waals surface area contributed by atoms with E-state index in [-0.39, 0.29) is 24.1 Å². The number of nitrogens with one attached hydrogen (secondary N) is 2. The van der Waals surface area contributed by atoms with Crippen molar-refractivity contribution >= 4 is 29.1 Å². The maximum absolute atomic E-state index is 13.0. The quantitative estimate of drug-likeness (QED) is 0.782. The summed E-state index contributed by atoms with van der Waals surface area (Å²) < 4.78 is 0. The predicted octanol–water partition coefficient (Wildman–Crippen LogP) is 1.88. The lowest BCUT2D eigenvalue weighted by molar-refractivity contribution is -0.136. The molecule has 5 rings (SSSR count).